The van der Waals surface area contributed by atoms with Crippen molar-refractivity contribution in [1.29, 1.82) is 0 Å². The van der Waals surface area contributed by atoms with Gasteiger partial charge < -0.3 is 19.7 Å². The van der Waals surface area contributed by atoms with Gasteiger partial charge in [0.2, 0.25) is 5.91 Å². The molecule has 0 radical (unpaired) electrons. The summed E-state index contributed by atoms with van der Waals surface area (Å²) in [6.07, 6.45) is 0.972. The Morgan fingerprint density at radius 1 is 1.24 bits per heavy atom. The molecule has 8 heteroatoms. The van der Waals surface area contributed by atoms with Crippen molar-refractivity contribution in [1.82, 2.24) is 10.2 Å². The van der Waals surface area contributed by atoms with E-state index in [9.17, 15) is 14.4 Å². The number of anilines is 1. The number of piperidine rings is 1. The maximum Gasteiger partial charge on any atom is 0.409 e. The fourth-order valence-electron chi connectivity index (χ4n) is 3.69. The summed E-state index contributed by atoms with van der Waals surface area (Å²) >= 11 is 0. The smallest absolute Gasteiger partial charge is 0.409 e. The van der Waals surface area contributed by atoms with Gasteiger partial charge in [0.15, 0.2) is 6.10 Å². The number of aryl methyl sites for hydroxylation is 1. The normalized spacial score (nSPS) is 19.4. The third-order valence-corrected chi connectivity index (χ3v) is 5.27. The number of hydrogen-bond acceptors (Lipinski definition) is 5. The van der Waals surface area contributed by atoms with E-state index in [1.54, 1.807) is 11.8 Å². The molecule has 0 aliphatic carbocycles. The average Bonchev–Trinajstić information content (AvgIpc) is 2.71. The van der Waals surface area contributed by atoms with Gasteiger partial charge in [-0.3, -0.25) is 14.5 Å². The third-order valence-electron chi connectivity index (χ3n) is 5.27. The number of nitrogens with one attached hydrogen (secondary N) is 1. The van der Waals surface area contributed by atoms with Crippen LogP contribution in [0.2, 0.25) is 0 Å². The van der Waals surface area contributed by atoms with Crippen LogP contribution in [0.4, 0.5) is 10.5 Å². The number of fused-ring (bicyclic) bond motifs is 1. The van der Waals surface area contributed by atoms with Crippen LogP contribution >= 0.6 is 0 Å². The van der Waals surface area contributed by atoms with Gasteiger partial charge in [0, 0.05) is 19.1 Å². The van der Waals surface area contributed by atoms with Gasteiger partial charge in [-0.05, 0) is 50.8 Å². The lowest BCUT2D eigenvalue weighted by atomic mass is 10.1. The second-order valence-electron chi connectivity index (χ2n) is 7.44. The number of likely N-dealkylation sites (tertiary alicyclic amines) is 1. The number of amides is 3. The van der Waals surface area contributed by atoms with E-state index in [1.807, 2.05) is 32.0 Å². The van der Waals surface area contributed by atoms with Crippen molar-refractivity contribution in [2.45, 2.75) is 52.2 Å². The Labute approximate surface area is 171 Å². The predicted octanol–water partition coefficient (Wildman–Crippen LogP) is 2.24. The van der Waals surface area contributed by atoms with Crippen LogP contribution in [0.15, 0.2) is 18.2 Å². The van der Waals surface area contributed by atoms with Crippen molar-refractivity contribution < 1.29 is 23.9 Å². The van der Waals surface area contributed by atoms with Crippen LogP contribution in [-0.2, 0) is 14.3 Å². The van der Waals surface area contributed by atoms with Gasteiger partial charge in [-0.15, -0.1) is 0 Å². The van der Waals surface area contributed by atoms with Crippen LogP contribution < -0.4 is 15.0 Å². The molecule has 0 spiro atoms. The summed E-state index contributed by atoms with van der Waals surface area (Å²) in [5, 5.41) is 3.00. The standard InChI is InChI=1S/C21H29N3O5/c1-4-17-20(26)24(16-12-14(3)6-7-18(16)29-17)13-19(25)22-15-8-10-23(11-9-15)21(27)28-5-2/h6-7,12,15,17H,4-5,8-11,13H2,1-3H3,(H,22,25)/t17-/m1/s1. The van der Waals surface area contributed by atoms with E-state index in [2.05, 4.69) is 5.32 Å². The summed E-state index contributed by atoms with van der Waals surface area (Å²) < 4.78 is 10.8. The summed E-state index contributed by atoms with van der Waals surface area (Å²) in [7, 11) is 0. The van der Waals surface area contributed by atoms with Crippen LogP contribution in [0.3, 0.4) is 0 Å². The summed E-state index contributed by atoms with van der Waals surface area (Å²) in [5.41, 5.74) is 1.62. The first-order valence-corrected chi connectivity index (χ1v) is 10.2. The van der Waals surface area contributed by atoms with Crippen molar-refractivity contribution in [3.63, 3.8) is 0 Å². The van der Waals surface area contributed by atoms with Crippen LogP contribution in [0.25, 0.3) is 0 Å². The molecule has 2 aliphatic rings. The molecular formula is C21H29N3O5. The van der Waals surface area contributed by atoms with Gasteiger partial charge in [0.1, 0.15) is 12.3 Å². The highest BCUT2D eigenvalue weighted by Gasteiger charge is 2.35. The molecule has 8 nitrogen and oxygen atoms in total. The second-order valence-corrected chi connectivity index (χ2v) is 7.44. The first-order valence-electron chi connectivity index (χ1n) is 10.2. The van der Waals surface area contributed by atoms with E-state index < -0.39 is 6.10 Å². The predicted molar refractivity (Wildman–Crippen MR) is 108 cm³/mol. The largest absolute Gasteiger partial charge is 0.478 e. The molecule has 3 rings (SSSR count). The minimum atomic E-state index is -0.578. The summed E-state index contributed by atoms with van der Waals surface area (Å²) in [5.74, 6) is 0.215. The minimum Gasteiger partial charge on any atom is -0.478 e. The number of carbonyl (C=O) groups excluding carboxylic acids is 3. The molecule has 1 fully saturated rings. The number of rotatable bonds is 5. The molecule has 1 saturated heterocycles. The SMILES string of the molecule is CCOC(=O)N1CCC(NC(=O)CN2C(=O)[C@@H](CC)Oc3ccc(C)cc32)CC1. The number of benzene rings is 1. The maximum atomic E-state index is 12.8. The van der Waals surface area contributed by atoms with Crippen molar-refractivity contribution in [3.8, 4) is 5.75 Å². The van der Waals surface area contributed by atoms with E-state index >= 15 is 0 Å². The molecule has 158 valence electrons. The van der Waals surface area contributed by atoms with Crippen molar-refractivity contribution in [2.24, 2.45) is 0 Å². The Morgan fingerprint density at radius 2 is 1.97 bits per heavy atom. The lowest BCUT2D eigenvalue weighted by molar-refractivity contribution is -0.129. The highest BCUT2D eigenvalue weighted by atomic mass is 16.6. The molecule has 3 amide bonds. The highest BCUT2D eigenvalue weighted by Crippen LogP contribution is 2.35. The number of carbonyl (C=O) groups is 3. The second kappa shape index (κ2) is 9.15. The first-order chi connectivity index (χ1) is 13.9. The topological polar surface area (TPSA) is 88.2 Å². The monoisotopic (exact) mass is 403 g/mol. The molecule has 1 aromatic carbocycles. The van der Waals surface area contributed by atoms with Crippen molar-refractivity contribution >= 4 is 23.6 Å². The Morgan fingerprint density at radius 3 is 2.62 bits per heavy atom. The number of nitrogens with zero attached hydrogens (tertiary/aromatic N) is 2. The zero-order chi connectivity index (χ0) is 21.0. The Bertz CT molecular complexity index is 774. The zero-order valence-electron chi connectivity index (χ0n) is 17.3. The van der Waals surface area contributed by atoms with E-state index in [4.69, 9.17) is 9.47 Å². The Balaban J connectivity index is 1.61. The molecule has 2 heterocycles. The highest BCUT2D eigenvalue weighted by molar-refractivity contribution is 6.03. The molecule has 0 unspecified atom stereocenters. The fraction of sp³-hybridized carbons (Fsp3) is 0.571. The fourth-order valence-corrected chi connectivity index (χ4v) is 3.69. The Kier molecular flexibility index (Phi) is 6.61. The molecule has 1 N–H and O–H groups in total. The quantitative estimate of drug-likeness (QED) is 0.815. The molecular weight excluding hydrogens is 374 g/mol. The number of ether oxygens (including phenoxy) is 2. The molecule has 1 atom stereocenters. The lowest BCUT2D eigenvalue weighted by Gasteiger charge is -2.35. The zero-order valence-corrected chi connectivity index (χ0v) is 17.3. The third kappa shape index (κ3) is 4.81. The first kappa shape index (κ1) is 21.0. The molecule has 29 heavy (non-hydrogen) atoms. The molecule has 1 aromatic rings. The summed E-state index contributed by atoms with van der Waals surface area (Å²) in [6, 6.07) is 5.61. The van der Waals surface area contributed by atoms with E-state index in [0.717, 1.165) is 5.56 Å². The lowest BCUT2D eigenvalue weighted by Crippen LogP contribution is -2.52. The molecule has 0 saturated carbocycles. The van der Waals surface area contributed by atoms with E-state index in [1.165, 1.54) is 4.90 Å². The van der Waals surface area contributed by atoms with Gasteiger partial charge in [-0.25, -0.2) is 4.79 Å². The Hall–Kier alpha value is -2.77. The van der Waals surface area contributed by atoms with Gasteiger partial charge in [-0.1, -0.05) is 13.0 Å². The van der Waals surface area contributed by atoms with E-state index in [0.29, 0.717) is 50.4 Å². The molecule has 0 aromatic heterocycles. The van der Waals surface area contributed by atoms with Gasteiger partial charge in [0.05, 0.1) is 12.3 Å². The average molecular weight is 403 g/mol. The van der Waals surface area contributed by atoms with Gasteiger partial charge in [-0.2, -0.15) is 0 Å². The summed E-state index contributed by atoms with van der Waals surface area (Å²) in [6.45, 7) is 6.99. The van der Waals surface area contributed by atoms with Gasteiger partial charge >= 0.3 is 6.09 Å². The van der Waals surface area contributed by atoms with Crippen LogP contribution in [0.5, 0.6) is 5.75 Å². The van der Waals surface area contributed by atoms with Crippen LogP contribution in [-0.4, -0.2) is 61.2 Å². The van der Waals surface area contributed by atoms with Crippen LogP contribution in [0.1, 0.15) is 38.7 Å². The van der Waals surface area contributed by atoms with Crippen LogP contribution in [0, 0.1) is 6.92 Å². The van der Waals surface area contributed by atoms with E-state index in [-0.39, 0.29) is 30.5 Å². The van der Waals surface area contributed by atoms with Gasteiger partial charge in [0.25, 0.3) is 5.91 Å². The minimum absolute atomic E-state index is 0.0247. The van der Waals surface area contributed by atoms with Crippen molar-refractivity contribution in [3.05, 3.63) is 23.8 Å². The molecule has 0 bridgehead atoms. The summed E-state index contributed by atoms with van der Waals surface area (Å²) in [4.78, 5) is 40.4. The number of hydrogen-bond donors (Lipinski definition) is 1. The van der Waals surface area contributed by atoms with Crippen molar-refractivity contribution in [2.75, 3.05) is 31.1 Å². The maximum absolute atomic E-state index is 12.8. The molecule has 2 aliphatic heterocycles.